The Labute approximate surface area is 192 Å². The minimum atomic E-state index is -2.58. The topological polar surface area (TPSA) is 87.7 Å². The van der Waals surface area contributed by atoms with Gasteiger partial charge in [0.05, 0.1) is 18.2 Å². The van der Waals surface area contributed by atoms with E-state index in [0.717, 1.165) is 17.7 Å². The molecule has 0 aromatic carbocycles. The minimum absolute atomic E-state index is 0.100. The number of hydrogen-bond acceptors (Lipinski definition) is 6. The lowest BCUT2D eigenvalue weighted by Gasteiger charge is -2.25. The van der Waals surface area contributed by atoms with E-state index in [4.69, 9.17) is 4.74 Å². The van der Waals surface area contributed by atoms with Crippen LogP contribution in [0.25, 0.3) is 0 Å². The van der Waals surface area contributed by atoms with Gasteiger partial charge in [-0.15, -0.1) is 0 Å². The van der Waals surface area contributed by atoms with Gasteiger partial charge < -0.3 is 19.9 Å². The predicted octanol–water partition coefficient (Wildman–Crippen LogP) is 2.37. The Bertz CT molecular complexity index is 1020. The summed E-state index contributed by atoms with van der Waals surface area (Å²) in [6.07, 6.45) is 0.604. The van der Waals surface area contributed by atoms with Crippen molar-refractivity contribution in [3.05, 3.63) is 52.5 Å². The molecule has 2 aromatic heterocycles. The van der Waals surface area contributed by atoms with E-state index in [9.17, 15) is 18.4 Å². The largest absolute Gasteiger partial charge is 0.471 e. The Morgan fingerprint density at radius 2 is 2.09 bits per heavy atom. The van der Waals surface area contributed by atoms with Crippen LogP contribution in [-0.2, 0) is 17.8 Å². The molecular formula is C23H29F2N5O3. The zero-order valence-electron chi connectivity index (χ0n) is 19.3. The number of likely N-dealkylation sites (N-methyl/N-ethyl adjacent to an activating group) is 1. The van der Waals surface area contributed by atoms with Gasteiger partial charge in [0.2, 0.25) is 11.8 Å². The molecule has 1 unspecified atom stereocenters. The van der Waals surface area contributed by atoms with Gasteiger partial charge in [0.1, 0.15) is 0 Å². The maximum atomic E-state index is 13.1. The van der Waals surface area contributed by atoms with Crippen LogP contribution in [0.15, 0.2) is 24.5 Å². The van der Waals surface area contributed by atoms with Gasteiger partial charge in [-0.05, 0) is 45.6 Å². The van der Waals surface area contributed by atoms with Crippen LogP contribution in [0.2, 0.25) is 0 Å². The van der Waals surface area contributed by atoms with Crippen molar-refractivity contribution in [3.8, 4) is 5.88 Å². The maximum absolute atomic E-state index is 13.1. The molecule has 1 atom stereocenters. The van der Waals surface area contributed by atoms with Crippen molar-refractivity contribution in [2.24, 2.45) is 0 Å². The van der Waals surface area contributed by atoms with Gasteiger partial charge in [-0.1, -0.05) is 0 Å². The second kappa shape index (κ2) is 10.7. The molecule has 1 aliphatic rings. The van der Waals surface area contributed by atoms with Crippen molar-refractivity contribution in [2.75, 3.05) is 33.8 Å². The second-order valence-corrected chi connectivity index (χ2v) is 8.32. The monoisotopic (exact) mass is 461 g/mol. The van der Waals surface area contributed by atoms with Crippen LogP contribution in [0.3, 0.4) is 0 Å². The summed E-state index contributed by atoms with van der Waals surface area (Å²) in [6, 6.07) is 3.14. The Morgan fingerprint density at radius 1 is 1.33 bits per heavy atom. The summed E-state index contributed by atoms with van der Waals surface area (Å²) in [5.41, 5.74) is 3.24. The van der Waals surface area contributed by atoms with Crippen LogP contribution in [-0.4, -0.2) is 71.8 Å². The molecule has 0 radical (unpaired) electrons. The van der Waals surface area contributed by atoms with E-state index < -0.39 is 13.0 Å². The number of fused-ring (bicyclic) bond motifs is 1. The summed E-state index contributed by atoms with van der Waals surface area (Å²) >= 11 is 0. The third-order valence-corrected chi connectivity index (χ3v) is 5.52. The Morgan fingerprint density at radius 3 is 2.76 bits per heavy atom. The van der Waals surface area contributed by atoms with E-state index >= 15 is 0 Å². The lowest BCUT2D eigenvalue weighted by atomic mass is 10.1. The molecule has 0 aliphatic carbocycles. The Hall–Kier alpha value is -3.14. The highest BCUT2D eigenvalue weighted by Gasteiger charge is 2.34. The molecule has 3 heterocycles. The Balaban J connectivity index is 1.71. The van der Waals surface area contributed by atoms with Crippen LogP contribution in [0, 0.1) is 6.92 Å². The van der Waals surface area contributed by atoms with Crippen molar-refractivity contribution in [3.63, 3.8) is 0 Å². The number of alkyl halides is 2. The first-order chi connectivity index (χ1) is 15.7. The number of nitrogens with one attached hydrogen (secondary N) is 1. The van der Waals surface area contributed by atoms with Crippen molar-refractivity contribution in [1.29, 1.82) is 0 Å². The third-order valence-electron chi connectivity index (χ3n) is 5.52. The van der Waals surface area contributed by atoms with Gasteiger partial charge in [-0.2, -0.15) is 0 Å². The quantitative estimate of drug-likeness (QED) is 0.585. The molecule has 0 fully saturated rings. The van der Waals surface area contributed by atoms with Crippen molar-refractivity contribution in [2.45, 2.75) is 39.3 Å². The van der Waals surface area contributed by atoms with E-state index in [1.165, 1.54) is 6.20 Å². The molecule has 2 amide bonds. The van der Waals surface area contributed by atoms with Crippen molar-refractivity contribution >= 4 is 11.8 Å². The molecule has 1 N–H and O–H groups in total. The molecule has 1 aliphatic heterocycles. The summed E-state index contributed by atoms with van der Waals surface area (Å²) in [6.45, 7) is 4.47. The number of aromatic nitrogens is 2. The molecule has 10 heteroatoms. The van der Waals surface area contributed by atoms with E-state index in [2.05, 4.69) is 15.3 Å². The van der Waals surface area contributed by atoms with Crippen LogP contribution in [0.1, 0.15) is 45.7 Å². The van der Waals surface area contributed by atoms with Crippen LogP contribution < -0.4 is 10.1 Å². The van der Waals surface area contributed by atoms with Crippen LogP contribution >= 0.6 is 0 Å². The number of ether oxygens (including phenoxy) is 1. The number of carbonyl (C=O) groups is 2. The molecular weight excluding hydrogens is 432 g/mol. The lowest BCUT2D eigenvalue weighted by molar-refractivity contribution is -0.120. The zero-order valence-corrected chi connectivity index (χ0v) is 19.3. The average molecular weight is 462 g/mol. The predicted molar refractivity (Wildman–Crippen MR) is 118 cm³/mol. The van der Waals surface area contributed by atoms with Gasteiger partial charge in [-0.3, -0.25) is 14.6 Å². The van der Waals surface area contributed by atoms with E-state index in [1.807, 2.05) is 25.9 Å². The third kappa shape index (κ3) is 6.01. The zero-order chi connectivity index (χ0) is 24.1. The highest BCUT2D eigenvalue weighted by atomic mass is 19.3. The molecule has 33 heavy (non-hydrogen) atoms. The smallest absolute Gasteiger partial charge is 0.272 e. The average Bonchev–Trinajstić information content (AvgIpc) is 3.09. The van der Waals surface area contributed by atoms with Gasteiger partial charge in [0.15, 0.2) is 6.61 Å². The van der Waals surface area contributed by atoms with Crippen molar-refractivity contribution in [1.82, 2.24) is 25.1 Å². The van der Waals surface area contributed by atoms with E-state index in [1.54, 1.807) is 30.2 Å². The van der Waals surface area contributed by atoms with Gasteiger partial charge in [0.25, 0.3) is 12.3 Å². The second-order valence-electron chi connectivity index (χ2n) is 8.32. The first-order valence-corrected chi connectivity index (χ1v) is 10.7. The summed E-state index contributed by atoms with van der Waals surface area (Å²) in [5.74, 6) is -0.144. The van der Waals surface area contributed by atoms with Crippen molar-refractivity contribution < 1.29 is 23.1 Å². The molecule has 0 saturated carbocycles. The number of halogens is 2. The number of rotatable bonds is 10. The highest BCUT2D eigenvalue weighted by molar-refractivity contribution is 5.99. The van der Waals surface area contributed by atoms with Crippen LogP contribution in [0.5, 0.6) is 5.88 Å². The van der Waals surface area contributed by atoms with E-state index in [-0.39, 0.29) is 30.2 Å². The molecule has 0 spiro atoms. The number of amides is 2. The number of carbonyl (C=O) groups excluding carboxylic acids is 2. The number of pyridine rings is 2. The Kier molecular flexibility index (Phi) is 7.91. The first-order valence-electron chi connectivity index (χ1n) is 10.7. The fourth-order valence-corrected chi connectivity index (χ4v) is 3.69. The first kappa shape index (κ1) is 24.5. The molecule has 2 aromatic rings. The molecule has 0 bridgehead atoms. The normalized spacial score (nSPS) is 14.1. The number of nitrogens with zero attached hydrogens (tertiary/aromatic N) is 4. The molecule has 3 rings (SSSR count). The molecule has 8 nitrogen and oxygen atoms in total. The summed E-state index contributed by atoms with van der Waals surface area (Å²) < 4.78 is 29.9. The maximum Gasteiger partial charge on any atom is 0.272 e. The summed E-state index contributed by atoms with van der Waals surface area (Å²) in [4.78, 5) is 37.6. The standard InChI is InChI=1S/C23H29F2N5O3/c1-14-9-16(11-28-22(14)33-13-20(24)25)15(2)30-12-18-17(23(30)32)5-6-26-19(18)10-21(31)27-7-8-29(3)4/h5-6,9,11,15,20H,7-8,10,12-13H2,1-4H3,(H,27,31). The lowest BCUT2D eigenvalue weighted by Crippen LogP contribution is -2.32. The summed E-state index contributed by atoms with van der Waals surface area (Å²) in [5, 5.41) is 2.87. The molecule has 0 saturated heterocycles. The number of aryl methyl sites for hydroxylation is 1. The van der Waals surface area contributed by atoms with Gasteiger partial charge >= 0.3 is 0 Å². The van der Waals surface area contributed by atoms with E-state index in [0.29, 0.717) is 29.9 Å². The van der Waals surface area contributed by atoms with Crippen LogP contribution in [0.4, 0.5) is 8.78 Å². The number of hydrogen-bond donors (Lipinski definition) is 1. The minimum Gasteiger partial charge on any atom is -0.471 e. The van der Waals surface area contributed by atoms with Gasteiger partial charge in [0, 0.05) is 48.7 Å². The van der Waals surface area contributed by atoms with Gasteiger partial charge in [-0.25, -0.2) is 13.8 Å². The summed E-state index contributed by atoms with van der Waals surface area (Å²) in [7, 11) is 3.86. The fourth-order valence-electron chi connectivity index (χ4n) is 3.69. The fraction of sp³-hybridized carbons (Fsp3) is 0.478. The highest BCUT2D eigenvalue weighted by Crippen LogP contribution is 2.33. The SMILES string of the molecule is Cc1cc(C(C)N2Cc3c(ccnc3CC(=O)NCCN(C)C)C2=O)cnc1OCC(F)F. The molecule has 178 valence electrons.